The summed E-state index contributed by atoms with van der Waals surface area (Å²) in [6.45, 7) is 4.77. The summed E-state index contributed by atoms with van der Waals surface area (Å²) in [6, 6.07) is 6.09. The molecule has 2 atom stereocenters. The van der Waals surface area contributed by atoms with Crippen LogP contribution in [0.3, 0.4) is 0 Å². The van der Waals surface area contributed by atoms with Crippen molar-refractivity contribution in [3.63, 3.8) is 0 Å². The maximum atomic E-state index is 5.96. The van der Waals surface area contributed by atoms with Crippen molar-refractivity contribution >= 4 is 11.4 Å². The van der Waals surface area contributed by atoms with Crippen molar-refractivity contribution in [1.29, 1.82) is 0 Å². The summed E-state index contributed by atoms with van der Waals surface area (Å²) in [6.07, 6.45) is 4.17. The number of nitrogen functional groups attached to an aromatic ring is 1. The van der Waals surface area contributed by atoms with E-state index >= 15 is 0 Å². The molecule has 2 heterocycles. The second-order valence-corrected chi connectivity index (χ2v) is 5.43. The molecule has 4 heteroatoms. The molecule has 0 spiro atoms. The lowest BCUT2D eigenvalue weighted by molar-refractivity contribution is 0.0305. The van der Waals surface area contributed by atoms with Crippen LogP contribution in [-0.2, 0) is 4.74 Å². The van der Waals surface area contributed by atoms with Crippen LogP contribution in [-0.4, -0.2) is 31.9 Å². The van der Waals surface area contributed by atoms with Gasteiger partial charge in [0.25, 0.3) is 0 Å². The van der Waals surface area contributed by atoms with Gasteiger partial charge in [-0.1, -0.05) is 6.92 Å². The topological polar surface area (TPSA) is 47.7 Å². The van der Waals surface area contributed by atoms with Gasteiger partial charge in [-0.2, -0.15) is 0 Å². The van der Waals surface area contributed by atoms with Gasteiger partial charge >= 0.3 is 0 Å². The van der Waals surface area contributed by atoms with E-state index in [-0.39, 0.29) is 0 Å². The van der Waals surface area contributed by atoms with Crippen LogP contribution in [0.5, 0.6) is 5.75 Å². The first kappa shape index (κ1) is 12.6. The normalized spacial score (nSPS) is 25.6. The Hall–Kier alpha value is -1.42. The molecule has 0 amide bonds. The average molecular weight is 262 g/mol. The Morgan fingerprint density at radius 3 is 2.74 bits per heavy atom. The van der Waals surface area contributed by atoms with Crippen LogP contribution in [0, 0.1) is 0 Å². The quantitative estimate of drug-likeness (QED) is 0.847. The number of hydrogen-bond donors (Lipinski definition) is 1. The standard InChI is InChI=1S/C15H22N2O2/c1-2-7-18-15-8-11(3-6-14(15)16)17-9-12-4-5-13(10-17)19-12/h3,6,8,12-13H,2,4-5,7,9-10,16H2,1H3. The molecule has 2 aliphatic rings. The van der Waals surface area contributed by atoms with Gasteiger partial charge < -0.3 is 20.1 Å². The fourth-order valence-electron chi connectivity index (χ4n) is 2.88. The van der Waals surface area contributed by atoms with E-state index in [2.05, 4.69) is 24.0 Å². The number of morpholine rings is 1. The highest BCUT2D eigenvalue weighted by molar-refractivity contribution is 5.62. The summed E-state index contributed by atoms with van der Waals surface area (Å²) < 4.78 is 11.6. The lowest BCUT2D eigenvalue weighted by Crippen LogP contribution is -2.42. The highest BCUT2D eigenvalue weighted by Gasteiger charge is 2.33. The predicted octanol–water partition coefficient (Wildman–Crippen LogP) is 2.43. The Bertz CT molecular complexity index is 438. The number of ether oxygens (including phenoxy) is 2. The minimum Gasteiger partial charge on any atom is -0.491 e. The monoisotopic (exact) mass is 262 g/mol. The number of benzene rings is 1. The second-order valence-electron chi connectivity index (χ2n) is 5.43. The number of hydrogen-bond acceptors (Lipinski definition) is 4. The summed E-state index contributed by atoms with van der Waals surface area (Å²) >= 11 is 0. The number of nitrogens with two attached hydrogens (primary N) is 1. The van der Waals surface area contributed by atoms with Crippen LogP contribution < -0.4 is 15.4 Å². The molecular formula is C15H22N2O2. The highest BCUT2D eigenvalue weighted by atomic mass is 16.5. The van der Waals surface area contributed by atoms with Crippen LogP contribution in [0.1, 0.15) is 26.2 Å². The minimum absolute atomic E-state index is 0.399. The van der Waals surface area contributed by atoms with Crippen molar-refractivity contribution in [2.45, 2.75) is 38.4 Å². The van der Waals surface area contributed by atoms with Crippen LogP contribution >= 0.6 is 0 Å². The van der Waals surface area contributed by atoms with Gasteiger partial charge in [0.1, 0.15) is 5.75 Å². The second kappa shape index (κ2) is 5.29. The molecular weight excluding hydrogens is 240 g/mol. The van der Waals surface area contributed by atoms with Gasteiger partial charge in [-0.15, -0.1) is 0 Å². The van der Waals surface area contributed by atoms with Crippen LogP contribution in [0.4, 0.5) is 11.4 Å². The van der Waals surface area contributed by atoms with Gasteiger partial charge in [-0.05, 0) is 31.4 Å². The van der Waals surface area contributed by atoms with Gasteiger partial charge in [0, 0.05) is 24.8 Å². The summed E-state index contributed by atoms with van der Waals surface area (Å²) in [5.41, 5.74) is 7.87. The molecule has 0 radical (unpaired) electrons. The largest absolute Gasteiger partial charge is 0.491 e. The molecule has 4 nitrogen and oxygen atoms in total. The van der Waals surface area contributed by atoms with Crippen molar-refractivity contribution in [1.82, 2.24) is 0 Å². The molecule has 0 aliphatic carbocycles. The fourth-order valence-corrected chi connectivity index (χ4v) is 2.88. The SMILES string of the molecule is CCCOc1cc(N2CC3CCC(C2)O3)ccc1N. The molecule has 2 fully saturated rings. The van der Waals surface area contributed by atoms with Crippen molar-refractivity contribution in [3.8, 4) is 5.75 Å². The number of rotatable bonds is 4. The zero-order valence-electron chi connectivity index (χ0n) is 11.5. The molecule has 0 saturated carbocycles. The summed E-state index contributed by atoms with van der Waals surface area (Å²) in [5.74, 6) is 0.804. The van der Waals surface area contributed by atoms with Crippen molar-refractivity contribution in [2.24, 2.45) is 0 Å². The van der Waals surface area contributed by atoms with E-state index in [1.807, 2.05) is 6.07 Å². The van der Waals surface area contributed by atoms with Gasteiger partial charge in [0.2, 0.25) is 0 Å². The van der Waals surface area contributed by atoms with E-state index in [4.69, 9.17) is 15.2 Å². The zero-order chi connectivity index (χ0) is 13.2. The Kier molecular flexibility index (Phi) is 3.51. The Morgan fingerprint density at radius 2 is 2.05 bits per heavy atom. The van der Waals surface area contributed by atoms with E-state index in [1.54, 1.807) is 0 Å². The Labute approximate surface area is 114 Å². The molecule has 2 bridgehead atoms. The van der Waals surface area contributed by atoms with Crippen molar-refractivity contribution in [2.75, 3.05) is 30.3 Å². The molecule has 104 valence electrons. The van der Waals surface area contributed by atoms with E-state index < -0.39 is 0 Å². The first-order chi connectivity index (χ1) is 9.26. The third kappa shape index (κ3) is 2.63. The van der Waals surface area contributed by atoms with Crippen LogP contribution in [0.2, 0.25) is 0 Å². The van der Waals surface area contributed by atoms with E-state index in [9.17, 15) is 0 Å². The molecule has 1 aromatic rings. The first-order valence-corrected chi connectivity index (χ1v) is 7.19. The molecule has 0 aromatic heterocycles. The lowest BCUT2D eigenvalue weighted by atomic mass is 10.2. The maximum absolute atomic E-state index is 5.96. The molecule has 2 aliphatic heterocycles. The van der Waals surface area contributed by atoms with Crippen LogP contribution in [0.15, 0.2) is 18.2 Å². The first-order valence-electron chi connectivity index (χ1n) is 7.19. The summed E-state index contributed by atoms with van der Waals surface area (Å²) in [4.78, 5) is 2.39. The number of fused-ring (bicyclic) bond motifs is 2. The van der Waals surface area contributed by atoms with Crippen molar-refractivity contribution in [3.05, 3.63) is 18.2 Å². The maximum Gasteiger partial charge on any atom is 0.144 e. The lowest BCUT2D eigenvalue weighted by Gasteiger charge is -2.34. The Balaban J connectivity index is 1.77. The minimum atomic E-state index is 0.399. The predicted molar refractivity (Wildman–Crippen MR) is 76.7 cm³/mol. The van der Waals surface area contributed by atoms with Gasteiger partial charge in [0.05, 0.1) is 24.5 Å². The molecule has 1 aromatic carbocycles. The Morgan fingerprint density at radius 1 is 1.32 bits per heavy atom. The van der Waals surface area contributed by atoms with Crippen LogP contribution in [0.25, 0.3) is 0 Å². The van der Waals surface area contributed by atoms with Gasteiger partial charge in [-0.3, -0.25) is 0 Å². The number of anilines is 2. The summed E-state index contributed by atoms with van der Waals surface area (Å²) in [5, 5.41) is 0. The number of nitrogens with zero attached hydrogens (tertiary/aromatic N) is 1. The highest BCUT2D eigenvalue weighted by Crippen LogP contribution is 2.33. The smallest absolute Gasteiger partial charge is 0.144 e. The third-order valence-electron chi connectivity index (χ3n) is 3.87. The molecule has 2 N–H and O–H groups in total. The van der Waals surface area contributed by atoms with E-state index in [0.29, 0.717) is 24.5 Å². The van der Waals surface area contributed by atoms with Gasteiger partial charge in [-0.25, -0.2) is 0 Å². The summed E-state index contributed by atoms with van der Waals surface area (Å²) in [7, 11) is 0. The fraction of sp³-hybridized carbons (Fsp3) is 0.600. The molecule has 3 rings (SSSR count). The van der Waals surface area contributed by atoms with Crippen molar-refractivity contribution < 1.29 is 9.47 Å². The zero-order valence-corrected chi connectivity index (χ0v) is 11.5. The molecule has 2 saturated heterocycles. The molecule has 19 heavy (non-hydrogen) atoms. The third-order valence-corrected chi connectivity index (χ3v) is 3.87. The molecule has 2 unspecified atom stereocenters. The van der Waals surface area contributed by atoms with E-state index in [0.717, 1.165) is 25.3 Å². The average Bonchev–Trinajstić information content (AvgIpc) is 2.76. The van der Waals surface area contributed by atoms with E-state index in [1.165, 1.54) is 18.5 Å². The van der Waals surface area contributed by atoms with Gasteiger partial charge in [0.15, 0.2) is 0 Å².